The van der Waals surface area contributed by atoms with Gasteiger partial charge >= 0.3 is 0 Å². The van der Waals surface area contributed by atoms with Crippen molar-refractivity contribution in [3.8, 4) is 5.75 Å². The maximum Gasteiger partial charge on any atom is 0.223 e. The maximum absolute atomic E-state index is 12.2. The molecule has 23 heavy (non-hydrogen) atoms. The van der Waals surface area contributed by atoms with E-state index in [4.69, 9.17) is 4.74 Å². The molecule has 0 atom stereocenters. The molecule has 0 aromatic heterocycles. The summed E-state index contributed by atoms with van der Waals surface area (Å²) in [6.45, 7) is 2.47. The zero-order chi connectivity index (χ0) is 15.4. The Labute approximate surface area is 143 Å². The van der Waals surface area contributed by atoms with E-state index in [-0.39, 0.29) is 24.2 Å². The monoisotopic (exact) mass is 334 g/mol. The molecule has 0 saturated carbocycles. The third-order valence-corrected chi connectivity index (χ3v) is 4.29. The lowest BCUT2D eigenvalue weighted by Crippen LogP contribution is -2.37. The number of hydrogen-bond donors (Lipinski definition) is 2. The molecule has 1 saturated heterocycles. The van der Waals surface area contributed by atoms with Crippen molar-refractivity contribution in [3.05, 3.63) is 42.0 Å². The van der Waals surface area contributed by atoms with Crippen molar-refractivity contribution >= 4 is 29.1 Å². The molecule has 1 amide bonds. The summed E-state index contributed by atoms with van der Waals surface area (Å²) in [4.78, 5) is 12.2. The zero-order valence-electron chi connectivity index (χ0n) is 13.3. The molecular weight excluding hydrogens is 312 g/mol. The van der Waals surface area contributed by atoms with Gasteiger partial charge in [-0.3, -0.25) is 4.79 Å². The van der Waals surface area contributed by atoms with E-state index in [2.05, 4.69) is 28.8 Å². The third-order valence-electron chi connectivity index (χ3n) is 4.29. The van der Waals surface area contributed by atoms with E-state index in [9.17, 15) is 4.79 Å². The van der Waals surface area contributed by atoms with Crippen molar-refractivity contribution in [2.75, 3.05) is 20.2 Å². The standard InChI is InChI=1S/C18H22N2O2.ClH/c1-22-17-5-4-15-10-13(2-3-16(15)11-17)12-20-18(21)14-6-8-19-9-7-14;/h2-5,10-11,14,19H,6-9,12H2,1H3,(H,20,21);1H. The van der Waals surface area contributed by atoms with Crippen molar-refractivity contribution < 1.29 is 9.53 Å². The van der Waals surface area contributed by atoms with Crippen LogP contribution >= 0.6 is 12.4 Å². The van der Waals surface area contributed by atoms with Crippen LogP contribution < -0.4 is 15.4 Å². The lowest BCUT2D eigenvalue weighted by atomic mass is 9.97. The minimum absolute atomic E-state index is 0. The fourth-order valence-corrected chi connectivity index (χ4v) is 2.93. The Kier molecular flexibility index (Phi) is 6.25. The zero-order valence-corrected chi connectivity index (χ0v) is 14.1. The minimum Gasteiger partial charge on any atom is -0.497 e. The summed E-state index contributed by atoms with van der Waals surface area (Å²) in [7, 11) is 1.67. The highest BCUT2D eigenvalue weighted by molar-refractivity contribution is 5.85. The van der Waals surface area contributed by atoms with E-state index in [1.54, 1.807) is 7.11 Å². The first-order valence-corrected chi connectivity index (χ1v) is 7.81. The number of hydrogen-bond acceptors (Lipinski definition) is 3. The summed E-state index contributed by atoms with van der Waals surface area (Å²) in [6.07, 6.45) is 1.87. The molecule has 4 nitrogen and oxygen atoms in total. The first kappa shape index (κ1) is 17.6. The van der Waals surface area contributed by atoms with Gasteiger partial charge in [-0.1, -0.05) is 18.2 Å². The third kappa shape index (κ3) is 4.36. The molecule has 124 valence electrons. The van der Waals surface area contributed by atoms with Gasteiger partial charge in [0.25, 0.3) is 0 Å². The Balaban J connectivity index is 0.00000192. The number of nitrogens with one attached hydrogen (secondary N) is 2. The first-order valence-electron chi connectivity index (χ1n) is 7.81. The van der Waals surface area contributed by atoms with Gasteiger partial charge in [-0.2, -0.15) is 0 Å². The molecule has 0 unspecified atom stereocenters. The summed E-state index contributed by atoms with van der Waals surface area (Å²) < 4.78 is 5.24. The first-order chi connectivity index (χ1) is 10.8. The number of rotatable bonds is 4. The van der Waals surface area contributed by atoms with Crippen LogP contribution in [0.1, 0.15) is 18.4 Å². The lowest BCUT2D eigenvalue weighted by molar-refractivity contribution is -0.125. The smallest absolute Gasteiger partial charge is 0.223 e. The molecule has 1 aliphatic heterocycles. The Morgan fingerprint density at radius 1 is 1.17 bits per heavy atom. The van der Waals surface area contributed by atoms with Gasteiger partial charge in [0.1, 0.15) is 5.75 Å². The average Bonchev–Trinajstić information content (AvgIpc) is 2.59. The number of methoxy groups -OCH3 is 1. The number of carbonyl (C=O) groups excluding carboxylic acids is 1. The van der Waals surface area contributed by atoms with Gasteiger partial charge in [0, 0.05) is 12.5 Å². The number of piperidine rings is 1. The van der Waals surface area contributed by atoms with Crippen LogP contribution in [0.15, 0.2) is 36.4 Å². The Morgan fingerprint density at radius 2 is 1.87 bits per heavy atom. The van der Waals surface area contributed by atoms with Gasteiger partial charge in [-0.25, -0.2) is 0 Å². The number of fused-ring (bicyclic) bond motifs is 1. The summed E-state index contributed by atoms with van der Waals surface area (Å²) in [5.41, 5.74) is 1.12. The van der Waals surface area contributed by atoms with Crippen LogP contribution in [0.2, 0.25) is 0 Å². The molecule has 5 heteroatoms. The normalized spacial score (nSPS) is 15.0. The van der Waals surface area contributed by atoms with E-state index in [1.807, 2.05) is 18.2 Å². The van der Waals surface area contributed by atoms with E-state index in [0.717, 1.165) is 48.0 Å². The van der Waals surface area contributed by atoms with Gasteiger partial charge in [-0.05, 0) is 60.5 Å². The molecule has 0 radical (unpaired) electrons. The van der Waals surface area contributed by atoms with Crippen LogP contribution in [0, 0.1) is 5.92 Å². The van der Waals surface area contributed by atoms with E-state index >= 15 is 0 Å². The molecule has 3 rings (SSSR count). The Bertz CT molecular complexity index is 669. The number of halogens is 1. The SMILES string of the molecule is COc1ccc2cc(CNC(=O)C3CCNCC3)ccc2c1.Cl. The highest BCUT2D eigenvalue weighted by Gasteiger charge is 2.20. The van der Waals surface area contributed by atoms with Crippen molar-refractivity contribution in [2.24, 2.45) is 5.92 Å². The summed E-state index contributed by atoms with van der Waals surface area (Å²) in [6, 6.07) is 12.3. The Morgan fingerprint density at radius 3 is 2.61 bits per heavy atom. The summed E-state index contributed by atoms with van der Waals surface area (Å²) in [5, 5.41) is 8.65. The van der Waals surface area contributed by atoms with Crippen molar-refractivity contribution in [3.63, 3.8) is 0 Å². The number of carbonyl (C=O) groups is 1. The molecule has 2 aromatic rings. The molecular formula is C18H23ClN2O2. The predicted octanol–water partition coefficient (Wildman–Crippen LogP) is 2.89. The number of amides is 1. The van der Waals surface area contributed by atoms with Crippen LogP contribution in [0.3, 0.4) is 0 Å². The highest BCUT2D eigenvalue weighted by Crippen LogP contribution is 2.22. The van der Waals surface area contributed by atoms with Gasteiger partial charge < -0.3 is 15.4 Å². The van der Waals surface area contributed by atoms with Crippen LogP contribution in [0.5, 0.6) is 5.75 Å². The van der Waals surface area contributed by atoms with Gasteiger partial charge in [0.2, 0.25) is 5.91 Å². The van der Waals surface area contributed by atoms with Crippen molar-refractivity contribution in [1.29, 1.82) is 0 Å². The topological polar surface area (TPSA) is 50.4 Å². The minimum atomic E-state index is 0. The molecule has 1 heterocycles. The van der Waals surface area contributed by atoms with Gasteiger partial charge in [0.15, 0.2) is 0 Å². The fraction of sp³-hybridized carbons (Fsp3) is 0.389. The van der Waals surface area contributed by atoms with Crippen molar-refractivity contribution in [1.82, 2.24) is 10.6 Å². The number of benzene rings is 2. The van der Waals surface area contributed by atoms with Crippen LogP contribution in [-0.2, 0) is 11.3 Å². The summed E-state index contributed by atoms with van der Waals surface area (Å²) >= 11 is 0. The summed E-state index contributed by atoms with van der Waals surface area (Å²) in [5.74, 6) is 1.20. The molecule has 0 bridgehead atoms. The van der Waals surface area contributed by atoms with Crippen LogP contribution in [0.25, 0.3) is 10.8 Å². The molecule has 0 spiro atoms. The molecule has 2 N–H and O–H groups in total. The van der Waals surface area contributed by atoms with Crippen molar-refractivity contribution in [2.45, 2.75) is 19.4 Å². The maximum atomic E-state index is 12.2. The van der Waals surface area contributed by atoms with Gasteiger partial charge in [0.05, 0.1) is 7.11 Å². The second-order valence-electron chi connectivity index (χ2n) is 5.79. The second kappa shape index (κ2) is 8.18. The molecule has 0 aliphatic carbocycles. The molecule has 1 aliphatic rings. The average molecular weight is 335 g/mol. The van der Waals surface area contributed by atoms with E-state index in [0.29, 0.717) is 6.54 Å². The van der Waals surface area contributed by atoms with E-state index < -0.39 is 0 Å². The molecule has 1 fully saturated rings. The largest absolute Gasteiger partial charge is 0.497 e. The fourth-order valence-electron chi connectivity index (χ4n) is 2.93. The molecule has 2 aromatic carbocycles. The van der Waals surface area contributed by atoms with Crippen LogP contribution in [0.4, 0.5) is 0 Å². The van der Waals surface area contributed by atoms with E-state index in [1.165, 1.54) is 0 Å². The number of ether oxygens (including phenoxy) is 1. The van der Waals surface area contributed by atoms with Crippen LogP contribution in [-0.4, -0.2) is 26.1 Å². The lowest BCUT2D eigenvalue weighted by Gasteiger charge is -2.21. The second-order valence-corrected chi connectivity index (χ2v) is 5.79. The van der Waals surface area contributed by atoms with Gasteiger partial charge in [-0.15, -0.1) is 12.4 Å². The highest BCUT2D eigenvalue weighted by atomic mass is 35.5. The predicted molar refractivity (Wildman–Crippen MR) is 95.2 cm³/mol. The quantitative estimate of drug-likeness (QED) is 0.904. The Hall–Kier alpha value is -1.78.